The minimum absolute atomic E-state index is 0.117. The average Bonchev–Trinajstić information content (AvgIpc) is 2.70. The van der Waals surface area contributed by atoms with Crippen LogP contribution in [-0.2, 0) is 0 Å². The van der Waals surface area contributed by atoms with Crippen LogP contribution in [0, 0.1) is 5.82 Å². The number of nitrogens with zero attached hydrogens (tertiary/aromatic N) is 1. The van der Waals surface area contributed by atoms with E-state index in [-0.39, 0.29) is 11.9 Å². The van der Waals surface area contributed by atoms with Crippen molar-refractivity contribution in [3.63, 3.8) is 0 Å². The van der Waals surface area contributed by atoms with E-state index in [0.29, 0.717) is 5.02 Å². The molecule has 16 heavy (non-hydrogen) atoms. The molecule has 2 aromatic rings. The van der Waals surface area contributed by atoms with Gasteiger partial charge in [-0.05, 0) is 30.8 Å². The molecular formula is C11H10ClFN2S. The summed E-state index contributed by atoms with van der Waals surface area (Å²) in [5.74, 6) is -0.334. The summed E-state index contributed by atoms with van der Waals surface area (Å²) in [6.07, 6.45) is 1.73. The van der Waals surface area contributed by atoms with Gasteiger partial charge in [0.2, 0.25) is 0 Å². The number of thiazole rings is 1. The van der Waals surface area contributed by atoms with E-state index >= 15 is 0 Å². The molecule has 0 aliphatic carbocycles. The van der Waals surface area contributed by atoms with E-state index in [4.69, 9.17) is 11.6 Å². The Morgan fingerprint density at radius 2 is 2.25 bits per heavy atom. The number of aromatic nitrogens is 1. The van der Waals surface area contributed by atoms with Crippen LogP contribution in [0.3, 0.4) is 0 Å². The fourth-order valence-electron chi connectivity index (χ4n) is 1.55. The zero-order valence-electron chi connectivity index (χ0n) is 8.58. The maximum atomic E-state index is 13.2. The minimum Gasteiger partial charge on any atom is -0.307 e. The third-order valence-corrected chi connectivity index (χ3v) is 3.26. The third kappa shape index (κ3) is 2.40. The molecule has 0 amide bonds. The molecule has 0 saturated heterocycles. The molecule has 2 rings (SSSR count). The van der Waals surface area contributed by atoms with E-state index in [0.717, 1.165) is 10.6 Å². The second-order valence-corrected chi connectivity index (χ2v) is 4.66. The number of benzene rings is 1. The highest BCUT2D eigenvalue weighted by Gasteiger charge is 2.15. The van der Waals surface area contributed by atoms with Crippen molar-refractivity contribution < 1.29 is 4.39 Å². The van der Waals surface area contributed by atoms with Crippen molar-refractivity contribution in [2.24, 2.45) is 0 Å². The molecule has 0 radical (unpaired) electrons. The number of nitrogens with one attached hydrogen (secondary N) is 1. The molecule has 84 valence electrons. The van der Waals surface area contributed by atoms with Gasteiger partial charge in [-0.1, -0.05) is 11.6 Å². The van der Waals surface area contributed by atoms with Gasteiger partial charge in [0.25, 0.3) is 0 Å². The molecule has 1 aromatic heterocycles. The van der Waals surface area contributed by atoms with Gasteiger partial charge in [-0.25, -0.2) is 9.37 Å². The summed E-state index contributed by atoms with van der Waals surface area (Å²) in [6.45, 7) is 0. The van der Waals surface area contributed by atoms with E-state index < -0.39 is 0 Å². The summed E-state index contributed by atoms with van der Waals surface area (Å²) < 4.78 is 13.2. The van der Waals surface area contributed by atoms with Crippen LogP contribution in [0.2, 0.25) is 5.02 Å². The van der Waals surface area contributed by atoms with Crippen LogP contribution in [-0.4, -0.2) is 12.0 Å². The predicted octanol–water partition coefficient (Wildman–Crippen LogP) is 3.24. The van der Waals surface area contributed by atoms with E-state index in [1.54, 1.807) is 12.3 Å². The van der Waals surface area contributed by atoms with E-state index in [2.05, 4.69) is 10.3 Å². The van der Waals surface area contributed by atoms with Gasteiger partial charge in [0.15, 0.2) is 0 Å². The second-order valence-electron chi connectivity index (χ2n) is 3.29. The lowest BCUT2D eigenvalue weighted by molar-refractivity contribution is 0.616. The van der Waals surface area contributed by atoms with Gasteiger partial charge in [0, 0.05) is 16.6 Å². The van der Waals surface area contributed by atoms with Gasteiger partial charge in [-0.2, -0.15) is 0 Å². The van der Waals surface area contributed by atoms with Crippen LogP contribution in [0.15, 0.2) is 29.8 Å². The number of hydrogen-bond donors (Lipinski definition) is 1. The topological polar surface area (TPSA) is 24.9 Å². The molecule has 0 aliphatic rings. The standard InChI is InChI=1S/C11H10ClFN2S/c1-14-10(11-15-2-3-16-11)7-4-8(12)6-9(13)5-7/h2-6,10,14H,1H3. The summed E-state index contributed by atoms with van der Waals surface area (Å²) >= 11 is 7.35. The van der Waals surface area contributed by atoms with Gasteiger partial charge >= 0.3 is 0 Å². The van der Waals surface area contributed by atoms with Crippen LogP contribution in [0.1, 0.15) is 16.6 Å². The van der Waals surface area contributed by atoms with Crippen molar-refractivity contribution in [3.8, 4) is 0 Å². The first kappa shape index (κ1) is 11.5. The van der Waals surface area contributed by atoms with Crippen molar-refractivity contribution in [2.75, 3.05) is 7.05 Å². The summed E-state index contributed by atoms with van der Waals surface area (Å²) in [5, 5.41) is 6.28. The van der Waals surface area contributed by atoms with Crippen LogP contribution >= 0.6 is 22.9 Å². The van der Waals surface area contributed by atoms with Crippen molar-refractivity contribution >= 4 is 22.9 Å². The molecule has 1 N–H and O–H groups in total. The summed E-state index contributed by atoms with van der Waals surface area (Å²) in [7, 11) is 1.81. The molecule has 0 bridgehead atoms. The molecule has 0 aliphatic heterocycles. The maximum absolute atomic E-state index is 13.2. The van der Waals surface area contributed by atoms with Crippen LogP contribution in [0.25, 0.3) is 0 Å². The number of hydrogen-bond acceptors (Lipinski definition) is 3. The Balaban J connectivity index is 2.41. The monoisotopic (exact) mass is 256 g/mol. The molecule has 0 saturated carbocycles. The Hall–Kier alpha value is -0.970. The summed E-state index contributed by atoms with van der Waals surface area (Å²) in [5.41, 5.74) is 0.780. The number of halogens is 2. The third-order valence-electron chi connectivity index (χ3n) is 2.21. The first-order valence-corrected chi connectivity index (χ1v) is 5.99. The van der Waals surface area contributed by atoms with Crippen LogP contribution < -0.4 is 5.32 Å². The van der Waals surface area contributed by atoms with E-state index in [1.807, 2.05) is 12.4 Å². The van der Waals surface area contributed by atoms with E-state index in [1.165, 1.54) is 23.5 Å². The van der Waals surface area contributed by atoms with Crippen molar-refractivity contribution in [1.82, 2.24) is 10.3 Å². The Kier molecular flexibility index (Phi) is 3.53. The van der Waals surface area contributed by atoms with Gasteiger partial charge in [-0.15, -0.1) is 11.3 Å². The largest absolute Gasteiger partial charge is 0.307 e. The zero-order valence-corrected chi connectivity index (χ0v) is 10.1. The molecule has 1 heterocycles. The van der Waals surface area contributed by atoms with Crippen molar-refractivity contribution in [3.05, 3.63) is 51.2 Å². The Labute approximate surface area is 102 Å². The Morgan fingerprint density at radius 3 is 2.81 bits per heavy atom. The lowest BCUT2D eigenvalue weighted by Crippen LogP contribution is -2.17. The second kappa shape index (κ2) is 4.91. The van der Waals surface area contributed by atoms with Crippen molar-refractivity contribution in [2.45, 2.75) is 6.04 Å². The molecule has 0 spiro atoms. The highest BCUT2D eigenvalue weighted by molar-refractivity contribution is 7.09. The average molecular weight is 257 g/mol. The Bertz CT molecular complexity index is 453. The fourth-order valence-corrected chi connectivity index (χ4v) is 2.55. The predicted molar refractivity (Wildman–Crippen MR) is 64.4 cm³/mol. The first-order valence-electron chi connectivity index (χ1n) is 4.73. The van der Waals surface area contributed by atoms with Gasteiger partial charge < -0.3 is 5.32 Å². The van der Waals surface area contributed by atoms with Crippen molar-refractivity contribution in [1.29, 1.82) is 0 Å². The first-order chi connectivity index (χ1) is 7.70. The highest BCUT2D eigenvalue weighted by Crippen LogP contribution is 2.26. The smallest absolute Gasteiger partial charge is 0.125 e. The van der Waals surface area contributed by atoms with Crippen LogP contribution in [0.4, 0.5) is 4.39 Å². The normalized spacial score (nSPS) is 12.7. The summed E-state index contributed by atoms with van der Waals surface area (Å²) in [4.78, 5) is 4.21. The van der Waals surface area contributed by atoms with Gasteiger partial charge in [0.1, 0.15) is 10.8 Å². The molecule has 1 unspecified atom stereocenters. The lowest BCUT2D eigenvalue weighted by Gasteiger charge is -2.14. The molecule has 0 fully saturated rings. The molecule has 1 atom stereocenters. The van der Waals surface area contributed by atoms with Crippen LogP contribution in [0.5, 0.6) is 0 Å². The van der Waals surface area contributed by atoms with E-state index in [9.17, 15) is 4.39 Å². The Morgan fingerprint density at radius 1 is 1.44 bits per heavy atom. The molecule has 2 nitrogen and oxygen atoms in total. The zero-order chi connectivity index (χ0) is 11.5. The maximum Gasteiger partial charge on any atom is 0.125 e. The summed E-state index contributed by atoms with van der Waals surface area (Å²) in [6, 6.07) is 4.38. The molecular weight excluding hydrogens is 247 g/mol. The van der Waals surface area contributed by atoms with Gasteiger partial charge in [0.05, 0.1) is 6.04 Å². The minimum atomic E-state index is -0.334. The SMILES string of the molecule is CNC(c1cc(F)cc(Cl)c1)c1nccs1. The van der Waals surface area contributed by atoms with Gasteiger partial charge in [-0.3, -0.25) is 0 Å². The number of rotatable bonds is 3. The molecule has 1 aromatic carbocycles. The molecule has 5 heteroatoms. The lowest BCUT2D eigenvalue weighted by atomic mass is 10.1. The quantitative estimate of drug-likeness (QED) is 0.912. The highest BCUT2D eigenvalue weighted by atomic mass is 35.5. The fraction of sp³-hybridized carbons (Fsp3) is 0.182.